The second kappa shape index (κ2) is 7.29. The van der Waals surface area contributed by atoms with E-state index < -0.39 is 16.1 Å². The van der Waals surface area contributed by atoms with Crippen molar-refractivity contribution in [2.24, 2.45) is 0 Å². The second-order valence-electron chi connectivity index (χ2n) is 6.45. The lowest BCUT2D eigenvalue weighted by atomic mass is 10.0. The number of hydrogen-bond donors (Lipinski definition) is 0. The minimum absolute atomic E-state index is 0.0863. The van der Waals surface area contributed by atoms with Crippen LogP contribution in [0.4, 0.5) is 0 Å². The summed E-state index contributed by atoms with van der Waals surface area (Å²) in [6.07, 6.45) is 5.35. The molecule has 8 heteroatoms. The van der Waals surface area contributed by atoms with Crippen LogP contribution in [-0.2, 0) is 16.6 Å². The number of fused-ring (bicyclic) bond motifs is 1. The van der Waals surface area contributed by atoms with Gasteiger partial charge in [-0.15, -0.1) is 0 Å². The van der Waals surface area contributed by atoms with Crippen molar-refractivity contribution in [3.63, 3.8) is 0 Å². The molecule has 3 aromatic rings. The maximum absolute atomic E-state index is 13.7. The Balaban J connectivity index is 1.87. The first kappa shape index (κ1) is 18.5. The van der Waals surface area contributed by atoms with Crippen molar-refractivity contribution in [2.45, 2.75) is 17.5 Å². The summed E-state index contributed by atoms with van der Waals surface area (Å²) < 4.78 is 41.6. The number of rotatable bonds is 5. The smallest absolute Gasteiger partial charge is 0.247 e. The Labute approximate surface area is 164 Å². The summed E-state index contributed by atoms with van der Waals surface area (Å²) in [6.45, 7) is 0.911. The third kappa shape index (κ3) is 3.04. The summed E-state index contributed by atoms with van der Waals surface area (Å²) in [5.41, 5.74) is 1.72. The minimum Gasteiger partial charge on any atom is -0.497 e. The Morgan fingerprint density at radius 2 is 1.93 bits per heavy atom. The van der Waals surface area contributed by atoms with Crippen molar-refractivity contribution in [2.75, 3.05) is 20.8 Å². The summed E-state index contributed by atoms with van der Waals surface area (Å²) in [7, 11) is -0.905. The van der Waals surface area contributed by atoms with Crippen molar-refractivity contribution in [3.05, 3.63) is 72.3 Å². The Bertz CT molecular complexity index is 1080. The molecule has 3 heterocycles. The number of ether oxygens (including phenoxy) is 2. The van der Waals surface area contributed by atoms with Crippen molar-refractivity contribution < 1.29 is 17.9 Å². The van der Waals surface area contributed by atoms with E-state index in [1.807, 2.05) is 30.5 Å². The van der Waals surface area contributed by atoms with E-state index in [1.54, 1.807) is 24.5 Å². The van der Waals surface area contributed by atoms with Gasteiger partial charge in [-0.2, -0.15) is 4.31 Å². The first-order valence-electron chi connectivity index (χ1n) is 8.85. The van der Waals surface area contributed by atoms with Gasteiger partial charge in [0, 0.05) is 43.4 Å². The molecule has 4 rings (SSSR count). The molecule has 0 fully saturated rings. The Morgan fingerprint density at radius 1 is 1.07 bits per heavy atom. The van der Waals surface area contributed by atoms with Gasteiger partial charge in [0.1, 0.15) is 16.4 Å². The van der Waals surface area contributed by atoms with Gasteiger partial charge in [0.25, 0.3) is 0 Å². The summed E-state index contributed by atoms with van der Waals surface area (Å²) in [4.78, 5) is 4.28. The largest absolute Gasteiger partial charge is 0.497 e. The zero-order valence-electron chi connectivity index (χ0n) is 15.6. The predicted octanol–water partition coefficient (Wildman–Crippen LogP) is 2.69. The highest BCUT2D eigenvalue weighted by Crippen LogP contribution is 2.39. The van der Waals surface area contributed by atoms with Crippen LogP contribution in [0.2, 0.25) is 0 Å². The quantitative estimate of drug-likeness (QED) is 0.660. The van der Waals surface area contributed by atoms with Gasteiger partial charge in [-0.1, -0.05) is 6.07 Å². The number of benzene rings is 1. The van der Waals surface area contributed by atoms with Crippen LogP contribution in [0, 0.1) is 0 Å². The van der Waals surface area contributed by atoms with Gasteiger partial charge in [0.2, 0.25) is 10.0 Å². The highest BCUT2D eigenvalue weighted by molar-refractivity contribution is 7.89. The molecule has 146 valence electrons. The maximum atomic E-state index is 13.7. The monoisotopic (exact) mass is 399 g/mol. The van der Waals surface area contributed by atoms with Gasteiger partial charge in [-0.25, -0.2) is 8.42 Å². The van der Waals surface area contributed by atoms with Crippen LogP contribution in [-0.4, -0.2) is 43.0 Å². The van der Waals surface area contributed by atoms with Gasteiger partial charge in [0.05, 0.1) is 20.3 Å². The lowest BCUT2D eigenvalue weighted by molar-refractivity contribution is 0.296. The molecule has 0 amide bonds. The second-order valence-corrected chi connectivity index (χ2v) is 8.31. The summed E-state index contributed by atoms with van der Waals surface area (Å²) in [5.74, 6) is 0.740. The molecule has 0 bridgehead atoms. The van der Waals surface area contributed by atoms with E-state index in [2.05, 4.69) is 9.55 Å². The molecule has 0 aliphatic carbocycles. The third-order valence-corrected chi connectivity index (χ3v) is 6.84. The van der Waals surface area contributed by atoms with Gasteiger partial charge in [-0.05, 0) is 35.9 Å². The lowest BCUT2D eigenvalue weighted by Crippen LogP contribution is -2.42. The van der Waals surface area contributed by atoms with Crippen LogP contribution < -0.4 is 9.47 Å². The number of pyridine rings is 1. The molecule has 1 atom stereocenters. The zero-order chi connectivity index (χ0) is 19.7. The molecule has 28 heavy (non-hydrogen) atoms. The molecule has 0 spiro atoms. The average Bonchev–Trinajstić information content (AvgIpc) is 3.22. The third-order valence-electron chi connectivity index (χ3n) is 4.95. The number of sulfonamides is 1. The minimum atomic E-state index is -3.87. The van der Waals surface area contributed by atoms with Gasteiger partial charge >= 0.3 is 0 Å². The molecule has 1 aromatic carbocycles. The lowest BCUT2D eigenvalue weighted by Gasteiger charge is -2.36. The molecule has 0 saturated carbocycles. The summed E-state index contributed by atoms with van der Waals surface area (Å²) in [6, 6.07) is 11.9. The average molecular weight is 399 g/mol. The highest BCUT2D eigenvalue weighted by Gasteiger charge is 2.39. The van der Waals surface area contributed by atoms with Crippen molar-refractivity contribution >= 4 is 10.0 Å². The first-order chi connectivity index (χ1) is 13.6. The van der Waals surface area contributed by atoms with E-state index in [9.17, 15) is 8.42 Å². The fraction of sp³-hybridized carbons (Fsp3) is 0.250. The van der Waals surface area contributed by atoms with Gasteiger partial charge < -0.3 is 14.0 Å². The summed E-state index contributed by atoms with van der Waals surface area (Å²) in [5, 5.41) is 0. The SMILES string of the molecule is COc1ccc(OC)c(S(=O)(=O)N2CCn3cccc3C2c2cccnc2)c1. The van der Waals surface area contributed by atoms with E-state index in [4.69, 9.17) is 9.47 Å². The normalized spacial score (nSPS) is 17.1. The van der Waals surface area contributed by atoms with Crippen LogP contribution in [0.1, 0.15) is 17.3 Å². The molecular weight excluding hydrogens is 378 g/mol. The van der Waals surface area contributed by atoms with E-state index in [0.29, 0.717) is 18.8 Å². The number of methoxy groups -OCH3 is 2. The molecule has 0 radical (unpaired) electrons. The van der Waals surface area contributed by atoms with Crippen LogP contribution in [0.5, 0.6) is 11.5 Å². The number of nitrogens with zero attached hydrogens (tertiary/aromatic N) is 3. The number of aromatic nitrogens is 2. The van der Waals surface area contributed by atoms with Crippen LogP contribution in [0.3, 0.4) is 0 Å². The van der Waals surface area contributed by atoms with Crippen molar-refractivity contribution in [1.82, 2.24) is 13.9 Å². The number of hydrogen-bond acceptors (Lipinski definition) is 5. The van der Waals surface area contributed by atoms with E-state index in [0.717, 1.165) is 11.3 Å². The van der Waals surface area contributed by atoms with E-state index in [1.165, 1.54) is 24.6 Å². The Hall–Kier alpha value is -2.84. The van der Waals surface area contributed by atoms with Crippen LogP contribution in [0.25, 0.3) is 0 Å². The molecule has 0 saturated heterocycles. The predicted molar refractivity (Wildman–Crippen MR) is 104 cm³/mol. The molecule has 2 aromatic heterocycles. The molecule has 0 N–H and O–H groups in total. The molecule has 1 aliphatic heterocycles. The standard InChI is InChI=1S/C20H21N3O4S/c1-26-16-7-8-18(27-2)19(13-16)28(24,25)23-12-11-22-10-4-6-17(22)20(23)15-5-3-9-21-14-15/h3-10,13-14,20H,11-12H2,1-2H3. The highest BCUT2D eigenvalue weighted by atomic mass is 32.2. The fourth-order valence-corrected chi connectivity index (χ4v) is 5.36. The Kier molecular flexibility index (Phi) is 4.82. The van der Waals surface area contributed by atoms with Crippen LogP contribution >= 0.6 is 0 Å². The topological polar surface area (TPSA) is 73.7 Å². The first-order valence-corrected chi connectivity index (χ1v) is 10.3. The molecule has 7 nitrogen and oxygen atoms in total. The van der Waals surface area contributed by atoms with Gasteiger partial charge in [0.15, 0.2) is 0 Å². The van der Waals surface area contributed by atoms with Crippen LogP contribution in [0.15, 0.2) is 66.0 Å². The Morgan fingerprint density at radius 3 is 2.64 bits per heavy atom. The maximum Gasteiger partial charge on any atom is 0.247 e. The van der Waals surface area contributed by atoms with E-state index >= 15 is 0 Å². The fourth-order valence-electron chi connectivity index (χ4n) is 3.61. The molecular formula is C20H21N3O4S. The zero-order valence-corrected chi connectivity index (χ0v) is 16.5. The van der Waals surface area contributed by atoms with Gasteiger partial charge in [-0.3, -0.25) is 4.98 Å². The molecule has 1 aliphatic rings. The molecule has 1 unspecified atom stereocenters. The summed E-state index contributed by atoms with van der Waals surface area (Å²) >= 11 is 0. The van der Waals surface area contributed by atoms with Crippen molar-refractivity contribution in [1.29, 1.82) is 0 Å². The van der Waals surface area contributed by atoms with E-state index in [-0.39, 0.29) is 10.6 Å². The van der Waals surface area contributed by atoms with Crippen molar-refractivity contribution in [3.8, 4) is 11.5 Å².